The lowest BCUT2D eigenvalue weighted by atomic mass is 10.0. The van der Waals surface area contributed by atoms with Crippen molar-refractivity contribution in [3.05, 3.63) is 27.8 Å². The molecule has 2 bridgehead atoms. The fraction of sp³-hybridized carbons (Fsp3) is 0.462. The first-order valence-corrected chi connectivity index (χ1v) is 8.81. The maximum atomic E-state index is 12.7. The van der Waals surface area contributed by atoms with E-state index in [4.69, 9.17) is 0 Å². The van der Waals surface area contributed by atoms with Crippen LogP contribution in [0.15, 0.2) is 29.2 Å². The molecule has 0 spiro atoms. The third-order valence-corrected chi connectivity index (χ3v) is 6.61. The van der Waals surface area contributed by atoms with Gasteiger partial charge in [0.05, 0.1) is 4.90 Å². The van der Waals surface area contributed by atoms with Crippen LogP contribution in [0.4, 0.5) is 0 Å². The van der Waals surface area contributed by atoms with E-state index in [1.807, 2.05) is 0 Å². The highest BCUT2D eigenvalue weighted by atomic mass is 127. The molecule has 3 rings (SSSR count). The van der Waals surface area contributed by atoms with Gasteiger partial charge in [-0.15, -0.1) is 0 Å². The van der Waals surface area contributed by atoms with E-state index in [0.29, 0.717) is 17.7 Å². The van der Waals surface area contributed by atoms with E-state index >= 15 is 0 Å². The van der Waals surface area contributed by atoms with Crippen molar-refractivity contribution in [2.45, 2.75) is 42.7 Å². The minimum Gasteiger partial charge on any atom is -0.300 e. The molecule has 2 saturated heterocycles. The second-order valence-electron chi connectivity index (χ2n) is 5.12. The number of rotatable bonds is 2. The van der Waals surface area contributed by atoms with Crippen LogP contribution in [0.2, 0.25) is 0 Å². The molecule has 6 heteroatoms. The predicted octanol–water partition coefficient (Wildman–Crippen LogP) is 2.18. The van der Waals surface area contributed by atoms with Gasteiger partial charge in [-0.3, -0.25) is 4.79 Å². The lowest BCUT2D eigenvalue weighted by Crippen LogP contribution is -2.46. The molecule has 0 saturated carbocycles. The Morgan fingerprint density at radius 2 is 1.58 bits per heavy atom. The van der Waals surface area contributed by atoms with Gasteiger partial charge in [-0.2, -0.15) is 4.31 Å². The first-order chi connectivity index (χ1) is 8.98. The van der Waals surface area contributed by atoms with Crippen LogP contribution in [-0.2, 0) is 14.8 Å². The average molecular weight is 391 g/mol. The number of halogens is 1. The fourth-order valence-electron chi connectivity index (χ4n) is 3.05. The molecule has 0 aromatic heterocycles. The fourth-order valence-corrected chi connectivity index (χ4v) is 5.28. The maximum absolute atomic E-state index is 12.7. The van der Waals surface area contributed by atoms with E-state index < -0.39 is 10.0 Å². The number of carbonyl (C=O) groups excluding carboxylic acids is 1. The Hall–Kier alpha value is -0.470. The third kappa shape index (κ3) is 2.34. The zero-order chi connectivity index (χ0) is 13.6. The number of fused-ring (bicyclic) bond motifs is 2. The minimum absolute atomic E-state index is 0.129. The van der Waals surface area contributed by atoms with Gasteiger partial charge >= 0.3 is 0 Å². The molecule has 2 atom stereocenters. The quantitative estimate of drug-likeness (QED) is 0.727. The SMILES string of the molecule is O=C1CC2CCC(C1)N2S(=O)(=O)c1ccc(I)cc1. The van der Waals surface area contributed by atoms with Crippen molar-refractivity contribution in [2.75, 3.05) is 0 Å². The number of carbonyl (C=O) groups is 1. The Balaban J connectivity index is 1.97. The topological polar surface area (TPSA) is 54.5 Å². The number of sulfonamides is 1. The number of hydrogen-bond acceptors (Lipinski definition) is 3. The second kappa shape index (κ2) is 4.82. The molecule has 102 valence electrons. The highest BCUT2D eigenvalue weighted by Crippen LogP contribution is 2.38. The molecule has 2 aliphatic rings. The van der Waals surface area contributed by atoms with Gasteiger partial charge in [0.2, 0.25) is 10.0 Å². The Labute approximate surface area is 126 Å². The highest BCUT2D eigenvalue weighted by Gasteiger charge is 2.46. The van der Waals surface area contributed by atoms with Gasteiger partial charge < -0.3 is 0 Å². The molecule has 4 nitrogen and oxygen atoms in total. The van der Waals surface area contributed by atoms with Crippen molar-refractivity contribution in [1.82, 2.24) is 4.31 Å². The van der Waals surface area contributed by atoms with Crippen LogP contribution in [0.5, 0.6) is 0 Å². The van der Waals surface area contributed by atoms with Crippen molar-refractivity contribution >= 4 is 38.4 Å². The van der Waals surface area contributed by atoms with Crippen molar-refractivity contribution in [3.8, 4) is 0 Å². The summed E-state index contributed by atoms with van der Waals surface area (Å²) in [5.41, 5.74) is 0. The first-order valence-electron chi connectivity index (χ1n) is 6.29. The van der Waals surface area contributed by atoms with Crippen LogP contribution in [0, 0.1) is 3.57 Å². The number of benzene rings is 1. The first kappa shape index (κ1) is 13.5. The van der Waals surface area contributed by atoms with Crippen LogP contribution >= 0.6 is 22.6 Å². The van der Waals surface area contributed by atoms with E-state index in [9.17, 15) is 13.2 Å². The maximum Gasteiger partial charge on any atom is 0.243 e. The van der Waals surface area contributed by atoms with Gasteiger partial charge in [-0.05, 0) is 59.7 Å². The largest absolute Gasteiger partial charge is 0.300 e. The summed E-state index contributed by atoms with van der Waals surface area (Å²) in [5.74, 6) is 0.196. The Morgan fingerprint density at radius 3 is 2.11 bits per heavy atom. The van der Waals surface area contributed by atoms with Crippen LogP contribution in [0.1, 0.15) is 25.7 Å². The molecule has 2 heterocycles. The Kier molecular flexibility index (Phi) is 3.43. The molecule has 2 fully saturated rings. The molecule has 19 heavy (non-hydrogen) atoms. The van der Waals surface area contributed by atoms with Crippen molar-refractivity contribution in [3.63, 3.8) is 0 Å². The summed E-state index contributed by atoms with van der Waals surface area (Å²) in [5, 5.41) is 0. The van der Waals surface area contributed by atoms with Crippen LogP contribution in [0.25, 0.3) is 0 Å². The standard InChI is InChI=1S/C13H14INO3S/c14-9-1-5-13(6-2-9)19(17,18)15-10-3-4-11(15)8-12(16)7-10/h1-2,5-6,10-11H,3-4,7-8H2. The normalized spacial score (nSPS) is 27.7. The van der Waals surface area contributed by atoms with E-state index in [1.54, 1.807) is 28.6 Å². The molecule has 2 unspecified atom stereocenters. The highest BCUT2D eigenvalue weighted by molar-refractivity contribution is 14.1. The van der Waals surface area contributed by atoms with E-state index in [0.717, 1.165) is 16.4 Å². The van der Waals surface area contributed by atoms with Crippen molar-refractivity contribution in [1.29, 1.82) is 0 Å². The summed E-state index contributed by atoms with van der Waals surface area (Å²) in [4.78, 5) is 11.9. The van der Waals surface area contributed by atoms with Crippen molar-refractivity contribution < 1.29 is 13.2 Å². The second-order valence-corrected chi connectivity index (χ2v) is 8.21. The molecule has 0 amide bonds. The number of Topliss-reactive ketones (excluding diaryl/α,β-unsaturated/α-hetero) is 1. The van der Waals surface area contributed by atoms with E-state index in [2.05, 4.69) is 22.6 Å². The smallest absolute Gasteiger partial charge is 0.243 e. The number of piperidine rings is 1. The molecule has 1 aromatic carbocycles. The summed E-state index contributed by atoms with van der Waals surface area (Å²) >= 11 is 2.15. The van der Waals surface area contributed by atoms with Gasteiger partial charge in [-0.25, -0.2) is 8.42 Å². The van der Waals surface area contributed by atoms with Gasteiger partial charge in [0.25, 0.3) is 0 Å². The Bertz CT molecular complexity index is 595. The number of nitrogens with zero attached hydrogens (tertiary/aromatic N) is 1. The van der Waals surface area contributed by atoms with Crippen LogP contribution < -0.4 is 0 Å². The van der Waals surface area contributed by atoms with Gasteiger partial charge in [-0.1, -0.05) is 0 Å². The summed E-state index contributed by atoms with van der Waals surface area (Å²) in [6.45, 7) is 0. The molecule has 0 N–H and O–H groups in total. The summed E-state index contributed by atoms with van der Waals surface area (Å²) < 4.78 is 27.9. The van der Waals surface area contributed by atoms with E-state index in [-0.39, 0.29) is 17.9 Å². The molecule has 0 radical (unpaired) electrons. The molecule has 1 aromatic rings. The minimum atomic E-state index is -3.46. The molecular formula is C13H14INO3S. The zero-order valence-electron chi connectivity index (χ0n) is 10.3. The number of hydrogen-bond donors (Lipinski definition) is 0. The van der Waals surface area contributed by atoms with Gasteiger partial charge in [0.1, 0.15) is 5.78 Å². The number of ketones is 1. The molecule has 2 aliphatic heterocycles. The lowest BCUT2D eigenvalue weighted by molar-refractivity contribution is -0.122. The zero-order valence-corrected chi connectivity index (χ0v) is 13.2. The van der Waals surface area contributed by atoms with Crippen molar-refractivity contribution in [2.24, 2.45) is 0 Å². The van der Waals surface area contributed by atoms with Gasteiger partial charge in [0, 0.05) is 28.5 Å². The average Bonchev–Trinajstić information content (AvgIpc) is 2.64. The third-order valence-electron chi connectivity index (χ3n) is 3.87. The molecular weight excluding hydrogens is 377 g/mol. The monoisotopic (exact) mass is 391 g/mol. The summed E-state index contributed by atoms with van der Waals surface area (Å²) in [6.07, 6.45) is 2.36. The van der Waals surface area contributed by atoms with Gasteiger partial charge in [0.15, 0.2) is 0 Å². The van der Waals surface area contributed by atoms with E-state index in [1.165, 1.54) is 0 Å². The van der Waals surface area contributed by atoms with Crippen LogP contribution in [-0.4, -0.2) is 30.6 Å². The Morgan fingerprint density at radius 1 is 1.05 bits per heavy atom. The molecule has 0 aliphatic carbocycles. The lowest BCUT2D eigenvalue weighted by Gasteiger charge is -2.32. The predicted molar refractivity (Wildman–Crippen MR) is 79.2 cm³/mol. The summed E-state index contributed by atoms with van der Waals surface area (Å²) in [6, 6.07) is 6.63. The summed E-state index contributed by atoms with van der Waals surface area (Å²) in [7, 11) is -3.46. The van der Waals surface area contributed by atoms with Crippen LogP contribution in [0.3, 0.4) is 0 Å².